The molecule has 0 saturated heterocycles. The Morgan fingerprint density at radius 2 is 1.62 bits per heavy atom. The second-order valence-electron chi connectivity index (χ2n) is 7.41. The van der Waals surface area contributed by atoms with Crippen LogP contribution in [0.1, 0.15) is 47.4 Å². The van der Waals surface area contributed by atoms with Crippen LogP contribution in [-0.4, -0.2) is 9.55 Å². The maximum absolute atomic E-state index is 14.1. The average molecular weight is 289 g/mol. The zero-order valence-corrected chi connectivity index (χ0v) is 13.7. The molecule has 1 aromatic heterocycles. The molecule has 0 atom stereocenters. The zero-order chi connectivity index (χ0) is 16.0. The first-order valence-electron chi connectivity index (χ1n) is 7.17. The summed E-state index contributed by atoms with van der Waals surface area (Å²) in [6, 6.07) is 6.61. The van der Waals surface area contributed by atoms with E-state index in [0.29, 0.717) is 17.1 Å². The Labute approximate surface area is 126 Å². The first-order chi connectivity index (χ1) is 9.53. The molecule has 21 heavy (non-hydrogen) atoms. The second-order valence-corrected chi connectivity index (χ2v) is 7.41. The molecule has 0 unspecified atom stereocenters. The third-order valence-corrected chi connectivity index (χ3v) is 3.38. The highest BCUT2D eigenvalue weighted by atomic mass is 19.1. The lowest BCUT2D eigenvalue weighted by atomic mass is 9.94. The lowest BCUT2D eigenvalue weighted by Crippen LogP contribution is -2.30. The molecule has 0 amide bonds. The lowest BCUT2D eigenvalue weighted by Gasteiger charge is -2.29. The second kappa shape index (κ2) is 4.86. The van der Waals surface area contributed by atoms with Crippen molar-refractivity contribution in [3.8, 4) is 11.3 Å². The number of nitrogen functional groups attached to an aromatic ring is 1. The molecular weight excluding hydrogens is 265 g/mol. The number of rotatable bonds is 1. The van der Waals surface area contributed by atoms with Gasteiger partial charge in [0.2, 0.25) is 0 Å². The fraction of sp³-hybridized carbons (Fsp3) is 0.471. The summed E-state index contributed by atoms with van der Waals surface area (Å²) in [6.45, 7) is 12.5. The standard InChI is InChI=1S/C17H24FN3/c1-16(2,3)15-20-13(11-9-7-8-10-12(11)18)14(19)21(15)17(4,5)6/h7-10H,19H2,1-6H3. The number of nitrogens with zero attached hydrogens (tertiary/aromatic N) is 2. The van der Waals surface area contributed by atoms with Crippen LogP contribution >= 0.6 is 0 Å². The largest absolute Gasteiger partial charge is 0.383 e. The highest BCUT2D eigenvalue weighted by molar-refractivity contribution is 5.72. The van der Waals surface area contributed by atoms with E-state index < -0.39 is 0 Å². The Morgan fingerprint density at radius 3 is 2.05 bits per heavy atom. The van der Waals surface area contributed by atoms with Gasteiger partial charge in [-0.2, -0.15) is 0 Å². The molecule has 0 aliphatic heterocycles. The average Bonchev–Trinajstić information content (AvgIpc) is 2.67. The summed E-state index contributed by atoms with van der Waals surface area (Å²) in [5.41, 5.74) is 6.90. The van der Waals surface area contributed by atoms with Gasteiger partial charge in [0.25, 0.3) is 0 Å². The van der Waals surface area contributed by atoms with Crippen molar-refractivity contribution in [2.45, 2.75) is 52.5 Å². The highest BCUT2D eigenvalue weighted by Gasteiger charge is 2.31. The summed E-state index contributed by atoms with van der Waals surface area (Å²) >= 11 is 0. The van der Waals surface area contributed by atoms with E-state index >= 15 is 0 Å². The normalized spacial score (nSPS) is 12.7. The maximum Gasteiger partial charge on any atom is 0.132 e. The molecule has 4 heteroatoms. The van der Waals surface area contributed by atoms with Gasteiger partial charge in [-0.3, -0.25) is 0 Å². The van der Waals surface area contributed by atoms with E-state index in [9.17, 15) is 4.39 Å². The number of imidazole rings is 1. The Hall–Kier alpha value is -1.84. The van der Waals surface area contributed by atoms with Gasteiger partial charge < -0.3 is 10.3 Å². The van der Waals surface area contributed by atoms with Crippen LogP contribution in [0, 0.1) is 5.82 Å². The summed E-state index contributed by atoms with van der Waals surface area (Å²) in [7, 11) is 0. The van der Waals surface area contributed by atoms with Crippen molar-refractivity contribution in [2.24, 2.45) is 0 Å². The van der Waals surface area contributed by atoms with Gasteiger partial charge in [-0.05, 0) is 32.9 Å². The van der Waals surface area contributed by atoms with Crippen molar-refractivity contribution in [3.05, 3.63) is 35.9 Å². The smallest absolute Gasteiger partial charge is 0.132 e. The number of aromatic nitrogens is 2. The predicted octanol–water partition coefficient (Wildman–Crippen LogP) is 4.32. The van der Waals surface area contributed by atoms with Crippen LogP contribution in [0.5, 0.6) is 0 Å². The quantitative estimate of drug-likeness (QED) is 0.849. The summed E-state index contributed by atoms with van der Waals surface area (Å²) in [6.07, 6.45) is 0. The number of anilines is 1. The van der Waals surface area contributed by atoms with Gasteiger partial charge in [0, 0.05) is 16.5 Å². The number of hydrogen-bond donors (Lipinski definition) is 1. The maximum atomic E-state index is 14.1. The lowest BCUT2D eigenvalue weighted by molar-refractivity contribution is 0.359. The summed E-state index contributed by atoms with van der Waals surface area (Å²) in [4.78, 5) is 4.68. The third-order valence-electron chi connectivity index (χ3n) is 3.38. The fourth-order valence-electron chi connectivity index (χ4n) is 2.47. The van der Waals surface area contributed by atoms with E-state index in [0.717, 1.165) is 5.82 Å². The molecule has 2 rings (SSSR count). The number of halogens is 1. The molecule has 0 spiro atoms. The van der Waals surface area contributed by atoms with Crippen molar-refractivity contribution >= 4 is 5.82 Å². The molecule has 1 aromatic carbocycles. The minimum absolute atomic E-state index is 0.176. The van der Waals surface area contributed by atoms with Gasteiger partial charge in [-0.25, -0.2) is 9.37 Å². The Bertz CT molecular complexity index is 658. The highest BCUT2D eigenvalue weighted by Crippen LogP contribution is 2.36. The Balaban J connectivity index is 2.77. The van der Waals surface area contributed by atoms with Crippen LogP contribution in [0.25, 0.3) is 11.3 Å². The van der Waals surface area contributed by atoms with Gasteiger partial charge in [0.1, 0.15) is 23.2 Å². The van der Waals surface area contributed by atoms with Crippen LogP contribution in [0.4, 0.5) is 10.2 Å². The van der Waals surface area contributed by atoms with E-state index in [1.807, 2.05) is 4.57 Å². The van der Waals surface area contributed by atoms with E-state index in [2.05, 4.69) is 46.5 Å². The molecule has 0 aliphatic rings. The van der Waals surface area contributed by atoms with Crippen LogP contribution < -0.4 is 5.73 Å². The summed E-state index contributed by atoms with van der Waals surface area (Å²) < 4.78 is 16.1. The molecule has 1 heterocycles. The van der Waals surface area contributed by atoms with Crippen LogP contribution in [0.2, 0.25) is 0 Å². The van der Waals surface area contributed by atoms with Crippen LogP contribution in [0.15, 0.2) is 24.3 Å². The zero-order valence-electron chi connectivity index (χ0n) is 13.7. The van der Waals surface area contributed by atoms with Crippen molar-refractivity contribution in [1.82, 2.24) is 9.55 Å². The van der Waals surface area contributed by atoms with Gasteiger partial charge in [0.05, 0.1) is 0 Å². The fourth-order valence-corrected chi connectivity index (χ4v) is 2.47. The molecule has 0 radical (unpaired) electrons. The molecule has 0 bridgehead atoms. The minimum atomic E-state index is -0.303. The van der Waals surface area contributed by atoms with E-state index in [4.69, 9.17) is 5.73 Å². The van der Waals surface area contributed by atoms with Crippen molar-refractivity contribution in [2.75, 3.05) is 5.73 Å². The minimum Gasteiger partial charge on any atom is -0.383 e. The topological polar surface area (TPSA) is 43.8 Å². The van der Waals surface area contributed by atoms with Crippen molar-refractivity contribution in [3.63, 3.8) is 0 Å². The van der Waals surface area contributed by atoms with Gasteiger partial charge >= 0.3 is 0 Å². The van der Waals surface area contributed by atoms with Gasteiger partial charge in [-0.1, -0.05) is 32.9 Å². The first-order valence-corrected chi connectivity index (χ1v) is 7.17. The van der Waals surface area contributed by atoms with Gasteiger partial charge in [-0.15, -0.1) is 0 Å². The van der Waals surface area contributed by atoms with E-state index in [1.54, 1.807) is 18.2 Å². The van der Waals surface area contributed by atoms with E-state index in [-0.39, 0.29) is 16.8 Å². The van der Waals surface area contributed by atoms with Crippen LogP contribution in [0.3, 0.4) is 0 Å². The molecule has 0 saturated carbocycles. The molecular formula is C17H24FN3. The molecule has 3 nitrogen and oxygen atoms in total. The van der Waals surface area contributed by atoms with Crippen LogP contribution in [-0.2, 0) is 11.0 Å². The van der Waals surface area contributed by atoms with Crippen molar-refractivity contribution in [1.29, 1.82) is 0 Å². The molecule has 0 fully saturated rings. The molecule has 2 N–H and O–H groups in total. The van der Waals surface area contributed by atoms with Crippen molar-refractivity contribution < 1.29 is 4.39 Å². The predicted molar refractivity (Wildman–Crippen MR) is 85.7 cm³/mol. The Morgan fingerprint density at radius 1 is 1.05 bits per heavy atom. The molecule has 114 valence electrons. The monoisotopic (exact) mass is 289 g/mol. The summed E-state index contributed by atoms with van der Waals surface area (Å²) in [5.74, 6) is 1.08. The van der Waals surface area contributed by atoms with E-state index in [1.165, 1.54) is 6.07 Å². The van der Waals surface area contributed by atoms with Gasteiger partial charge in [0.15, 0.2) is 0 Å². The number of hydrogen-bond acceptors (Lipinski definition) is 2. The SMILES string of the molecule is CC(C)(C)c1nc(-c2ccccc2F)c(N)n1C(C)(C)C. The first kappa shape index (κ1) is 15.5. The number of benzene rings is 1. The Kier molecular flexibility index (Phi) is 3.60. The summed E-state index contributed by atoms with van der Waals surface area (Å²) in [5, 5.41) is 0. The number of nitrogens with two attached hydrogens (primary N) is 1. The molecule has 2 aromatic rings. The molecule has 0 aliphatic carbocycles. The third kappa shape index (κ3) is 2.80.